The van der Waals surface area contributed by atoms with Crippen LogP contribution in [0.4, 0.5) is 24.2 Å². The maximum atomic E-state index is 16.6. The van der Waals surface area contributed by atoms with Crippen molar-refractivity contribution in [2.75, 3.05) is 71.6 Å². The summed E-state index contributed by atoms with van der Waals surface area (Å²) in [6.07, 6.45) is 25.7. The van der Waals surface area contributed by atoms with Crippen LogP contribution in [0.15, 0.2) is 78.5 Å². The molecule has 2 bridgehead atoms. The fourth-order valence-corrected chi connectivity index (χ4v) is 18.6. The lowest BCUT2D eigenvalue weighted by atomic mass is 10.0. The summed E-state index contributed by atoms with van der Waals surface area (Å²) in [6.45, 7) is -3.39. The molecule has 3 aliphatic heterocycles. The van der Waals surface area contributed by atoms with Crippen molar-refractivity contribution in [1.82, 2.24) is 49.6 Å². The van der Waals surface area contributed by atoms with Gasteiger partial charge in [-0.3, -0.25) is 56.5 Å². The fraction of sp³-hybridized carbons (Fsp3) is 0.663. The van der Waals surface area contributed by atoms with Gasteiger partial charge in [-0.2, -0.15) is 0 Å². The third-order valence-corrected chi connectivity index (χ3v) is 26.5. The summed E-state index contributed by atoms with van der Waals surface area (Å²) in [5, 5.41) is 18.5. The number of aliphatic hydroxyl groups is 1. The van der Waals surface area contributed by atoms with Crippen molar-refractivity contribution in [2.24, 2.45) is 0 Å². The molecule has 9 rings (SSSR count). The number of nitrogens with one attached hydrogen (secondary N) is 4. The van der Waals surface area contributed by atoms with Gasteiger partial charge in [0.1, 0.15) is 67.8 Å². The van der Waals surface area contributed by atoms with Gasteiger partial charge >= 0.3 is 51.4 Å². The van der Waals surface area contributed by atoms with E-state index in [1.807, 2.05) is 13.8 Å². The number of halogens is 2. The highest BCUT2D eigenvalue weighted by molar-refractivity contribution is 8.44. The molecule has 4 amide bonds. The minimum absolute atomic E-state index is 0.0392. The molecule has 7 N–H and O–H groups in total. The predicted molar refractivity (Wildman–Crippen MR) is 497 cm³/mol. The van der Waals surface area contributed by atoms with Gasteiger partial charge in [0.05, 0.1) is 51.2 Å². The molecule has 6 aromatic rings. The molecule has 0 saturated carbocycles. The summed E-state index contributed by atoms with van der Waals surface area (Å²) in [7, 11) is -3.15. The molecule has 2 aromatic carbocycles. The van der Waals surface area contributed by atoms with Gasteiger partial charge in [0, 0.05) is 52.0 Å². The highest BCUT2D eigenvalue weighted by atomic mass is 32.7. The Morgan fingerprint density at radius 2 is 1.23 bits per heavy atom. The molecule has 4 aromatic heterocycles. The van der Waals surface area contributed by atoms with Gasteiger partial charge in [0.2, 0.25) is 11.8 Å². The summed E-state index contributed by atoms with van der Waals surface area (Å²) in [4.78, 5) is 141. The largest absolute Gasteiger partial charge is 0.472 e. The van der Waals surface area contributed by atoms with E-state index in [1.54, 1.807) is 48.5 Å². The molecular formula is C89H134F2N11O26P3S2. The van der Waals surface area contributed by atoms with Crippen LogP contribution in [0.25, 0.3) is 22.2 Å². The second-order valence-electron chi connectivity index (χ2n) is 33.2. The molecule has 3 saturated heterocycles. The number of imidazole rings is 1. The van der Waals surface area contributed by atoms with Crippen LogP contribution in [-0.2, 0) is 102 Å². The number of H-pyrrole nitrogens is 1. The molecule has 3 aliphatic rings. The minimum Gasteiger partial charge on any atom is -0.462 e. The van der Waals surface area contributed by atoms with E-state index in [0.29, 0.717) is 42.7 Å². The number of fused-ring (bicyclic) bond motifs is 5. The summed E-state index contributed by atoms with van der Waals surface area (Å²) in [5.41, 5.74) is 0.858. The van der Waals surface area contributed by atoms with Crippen molar-refractivity contribution in [2.45, 2.75) is 314 Å². The van der Waals surface area contributed by atoms with Crippen molar-refractivity contribution in [3.05, 3.63) is 107 Å². The fourth-order valence-electron chi connectivity index (χ4n) is 15.0. The number of aryl methyl sites for hydroxylation is 1. The Kier molecular flexibility index (Phi) is 49.3. The van der Waals surface area contributed by atoms with Crippen molar-refractivity contribution < 1.29 is 127 Å². The topological polar surface area (TPSA) is 468 Å². The molecule has 0 aliphatic carbocycles. The molecule has 5 unspecified atom stereocenters. The van der Waals surface area contributed by atoms with Crippen LogP contribution in [-0.4, -0.2) is 205 Å². The van der Waals surface area contributed by atoms with Gasteiger partial charge in [-0.05, 0) is 74.7 Å². The van der Waals surface area contributed by atoms with E-state index >= 15 is 4.39 Å². The molecule has 742 valence electrons. The molecule has 0 spiro atoms. The zero-order chi connectivity index (χ0) is 96.0. The number of aliphatic hydroxyl groups excluding tert-OH is 1. The van der Waals surface area contributed by atoms with Crippen molar-refractivity contribution in [3.63, 3.8) is 0 Å². The number of aromatic amines is 1. The highest BCUT2D eigenvalue weighted by Crippen LogP contribution is 2.59. The molecule has 0 radical (unpaired) electrons. The summed E-state index contributed by atoms with van der Waals surface area (Å²) < 4.78 is 131. The smallest absolute Gasteiger partial charge is 0.462 e. The van der Waals surface area contributed by atoms with Crippen LogP contribution in [0.5, 0.6) is 5.75 Å². The first-order valence-corrected chi connectivity index (χ1v) is 53.3. The number of anilines is 1. The third kappa shape index (κ3) is 39.7. The first-order chi connectivity index (χ1) is 64.0. The first kappa shape index (κ1) is 110. The SMILES string of the molecule is CCCCCCCCCCCCCCCCCC(=O)OC[C@H](COP(=O)(O)OCCNC(=O)CCCC(=O)NCC)OC(=O)CCCCCCCCCCCCCCCCC.Cc1ccc(C(=O)Oc2ccc(COC(=O)N(C)CCOC(=O)Nc3ncnc4c3ncn4C3O[C@@H]4COP(O)(=S)OC5[C@H](n6cc(F)c7c(=O)[nH]cnc76)O[C@H](COP(=O)(S)O[C@H]4[C@H]3F)[C@H]5O)cc2)cc1. The lowest BCUT2D eigenvalue weighted by molar-refractivity contribution is -0.161. The quantitative estimate of drug-likeness (QED) is 0.00439. The van der Waals surface area contributed by atoms with Crippen LogP contribution in [0.3, 0.4) is 0 Å². The zero-order valence-electron chi connectivity index (χ0n) is 76.8. The number of hydrogen-bond donors (Lipinski definition) is 8. The number of unbranched alkanes of at least 4 members (excludes halogenated alkanes) is 28. The Bertz CT molecular complexity index is 4780. The number of rotatable bonds is 57. The van der Waals surface area contributed by atoms with Gasteiger partial charge in [-0.1, -0.05) is 236 Å². The molecular weight excluding hydrogens is 1830 g/mol. The van der Waals surface area contributed by atoms with E-state index in [0.717, 1.165) is 78.4 Å². The molecule has 12 atom stereocenters. The molecule has 133 heavy (non-hydrogen) atoms. The number of benzene rings is 2. The Labute approximate surface area is 785 Å². The Morgan fingerprint density at radius 3 is 1.83 bits per heavy atom. The maximum absolute atomic E-state index is 16.6. The van der Waals surface area contributed by atoms with Crippen LogP contribution >= 0.6 is 33.6 Å². The van der Waals surface area contributed by atoms with Gasteiger partial charge in [0.25, 0.3) is 5.56 Å². The summed E-state index contributed by atoms with van der Waals surface area (Å²) in [5.74, 6) is -2.70. The van der Waals surface area contributed by atoms with E-state index in [-0.39, 0.29) is 99.6 Å². The number of alkyl halides is 1. The molecule has 3 fully saturated rings. The standard InChI is InChI=1S/C48H93N2O10P.C41H41F2N9O16P2S2/c1-4-7-9-11-13-15-17-19-21-23-25-27-29-31-33-38-47(53)57-42-44(43-59-61(55,56)58-41-40-50-46(52)37-35-36-45(51)49-6-3)60-48(54)39-34-32-30-28-26-24-22-20-18-16-14-12-10-8-5-2;1-20-3-7-22(8-4-20)39(55)64-23-9-5-21(6-10-23)14-61-41(57)50(2)11-12-60-40(56)49-33-29-35(46-17-44-33)52(19-48-29)37-28(43)31-26(66-37)16-63-70(59,72)68-32-30(53)25(15-62-69(58,71)67-31)65-38(32)51-13-24(42)27-34(51)45-18-47-36(27)54/h44H,4-43H2,1-3H3,(H,49,51)(H,50,52)(H,55,56);3-10,13,17-19,25-26,28,30-32,37-38,53H,11-12,14-16H2,1-2H3,(H,58,71)(H,59,72)(H,45,47,54)(H,44,46,49,56)/t44-;25-,26-,28-,30-,31-,32?,37?,38-,69?,70?/m11/s1. The lowest BCUT2D eigenvalue weighted by Crippen LogP contribution is -2.35. The van der Waals surface area contributed by atoms with Crippen LogP contribution in [0, 0.1) is 12.7 Å². The maximum Gasteiger partial charge on any atom is 0.472 e. The number of phosphoric acid groups is 1. The van der Waals surface area contributed by atoms with Crippen LogP contribution < -0.4 is 26.2 Å². The molecule has 44 heteroatoms. The third-order valence-electron chi connectivity index (χ3n) is 22.3. The Morgan fingerprint density at radius 1 is 0.662 bits per heavy atom. The second-order valence-corrected chi connectivity index (χ2v) is 40.3. The second kappa shape index (κ2) is 59.3. The van der Waals surface area contributed by atoms with E-state index < -0.39 is 143 Å². The summed E-state index contributed by atoms with van der Waals surface area (Å²) in [6, 6.07) is 13.3. The van der Waals surface area contributed by atoms with Gasteiger partial charge in [-0.15, -0.1) is 0 Å². The molecule has 37 nitrogen and oxygen atoms in total. The van der Waals surface area contributed by atoms with E-state index in [4.69, 9.17) is 72.1 Å². The number of aromatic nitrogens is 7. The average Bonchev–Trinajstić information content (AvgIpc) is 1.60. The monoisotopic (exact) mass is 1970 g/mol. The first-order valence-electron chi connectivity index (χ1n) is 46.5. The molecule has 7 heterocycles. The van der Waals surface area contributed by atoms with Crippen LogP contribution in [0.2, 0.25) is 0 Å². The number of likely N-dealkylation sites (N-methyl/N-ethyl adjacent to an activating group) is 1. The van der Waals surface area contributed by atoms with E-state index in [2.05, 4.69) is 67.0 Å². The number of nitrogens with zero attached hydrogens (tertiary/aromatic N) is 7. The van der Waals surface area contributed by atoms with Crippen molar-refractivity contribution in [3.8, 4) is 5.75 Å². The van der Waals surface area contributed by atoms with Crippen LogP contribution in [0.1, 0.15) is 279 Å². The lowest BCUT2D eigenvalue weighted by Gasteiger charge is -2.27. The number of amides is 4. The Balaban J connectivity index is 0.000000334. The average molecular weight is 1970 g/mol. The van der Waals surface area contributed by atoms with Crippen molar-refractivity contribution >= 4 is 115 Å². The number of esters is 3. The number of carbonyl (C=O) groups excluding carboxylic acids is 7. The van der Waals surface area contributed by atoms with E-state index in [1.165, 1.54) is 153 Å². The van der Waals surface area contributed by atoms with Gasteiger partial charge in [-0.25, -0.2) is 52.2 Å². The zero-order valence-corrected chi connectivity index (χ0v) is 81.2. The van der Waals surface area contributed by atoms with Gasteiger partial charge < -0.3 is 77.7 Å². The number of thiol groups is 1. The highest BCUT2D eigenvalue weighted by Gasteiger charge is 2.54. The van der Waals surface area contributed by atoms with Crippen molar-refractivity contribution in [1.29, 1.82) is 0 Å². The predicted octanol–water partition coefficient (Wildman–Crippen LogP) is 17.1. The van der Waals surface area contributed by atoms with E-state index in [9.17, 15) is 66.8 Å². The number of carbonyl (C=O) groups is 7. The number of ether oxygens (including phenoxy) is 7. The Hall–Kier alpha value is -7.82. The van der Waals surface area contributed by atoms with Gasteiger partial charge in [0.15, 0.2) is 53.2 Å². The number of phosphoric ester groups is 1. The normalized spacial score (nSPS) is 20.8. The number of hydrogen-bond acceptors (Lipinski definition) is 29. The summed E-state index contributed by atoms with van der Waals surface area (Å²) >= 11 is 9.28. The minimum atomic E-state index is -4.58.